The van der Waals surface area contributed by atoms with Crippen molar-refractivity contribution in [3.63, 3.8) is 0 Å². The average Bonchev–Trinajstić information content (AvgIpc) is 3.05. The monoisotopic (exact) mass is 350 g/mol. The van der Waals surface area contributed by atoms with Crippen molar-refractivity contribution in [2.45, 2.75) is 13.0 Å². The molecule has 0 radical (unpaired) electrons. The van der Waals surface area contributed by atoms with Gasteiger partial charge in [-0.2, -0.15) is 0 Å². The Balaban J connectivity index is 0.000001000. The summed E-state index contributed by atoms with van der Waals surface area (Å²) in [6, 6.07) is 7.14. The summed E-state index contributed by atoms with van der Waals surface area (Å²) in [7, 11) is 0. The standard InChI is InChI=1S/C14H18N2S2.2ClH/c1-11-4-10-18-14(11)13(12-3-2-9-17-12)16-7-5-15-6-8-16;;/h2-4,9-10,13,15H,5-8H2,1H3;2*1H/t13-;;/m1../s1. The van der Waals surface area contributed by atoms with Gasteiger partial charge in [0.2, 0.25) is 0 Å². The molecule has 1 aliphatic rings. The van der Waals surface area contributed by atoms with E-state index in [-0.39, 0.29) is 24.8 Å². The number of nitrogens with zero attached hydrogens (tertiary/aromatic N) is 1. The molecule has 3 heterocycles. The molecule has 1 N–H and O–H groups in total. The van der Waals surface area contributed by atoms with Gasteiger partial charge >= 0.3 is 0 Å². The molecule has 1 fully saturated rings. The second kappa shape index (κ2) is 8.37. The van der Waals surface area contributed by atoms with Crippen LogP contribution >= 0.6 is 47.5 Å². The van der Waals surface area contributed by atoms with Crippen LogP contribution in [0.15, 0.2) is 29.0 Å². The van der Waals surface area contributed by atoms with Crippen molar-refractivity contribution in [3.05, 3.63) is 44.3 Å². The molecule has 6 heteroatoms. The maximum atomic E-state index is 3.44. The highest BCUT2D eigenvalue weighted by molar-refractivity contribution is 7.11. The molecule has 0 aliphatic carbocycles. The van der Waals surface area contributed by atoms with Crippen LogP contribution in [0.3, 0.4) is 0 Å². The lowest BCUT2D eigenvalue weighted by Crippen LogP contribution is -2.45. The Kier molecular flexibility index (Phi) is 7.51. The number of nitrogens with one attached hydrogen (secondary N) is 1. The summed E-state index contributed by atoms with van der Waals surface area (Å²) in [5, 5.41) is 7.84. The van der Waals surface area contributed by atoms with Gasteiger partial charge in [0.25, 0.3) is 0 Å². The Morgan fingerprint density at radius 1 is 1.10 bits per heavy atom. The average molecular weight is 351 g/mol. The van der Waals surface area contributed by atoms with Crippen molar-refractivity contribution in [3.8, 4) is 0 Å². The molecule has 0 saturated carbocycles. The van der Waals surface area contributed by atoms with Crippen LogP contribution in [-0.2, 0) is 0 Å². The van der Waals surface area contributed by atoms with E-state index in [1.165, 1.54) is 15.3 Å². The highest BCUT2D eigenvalue weighted by atomic mass is 35.5. The van der Waals surface area contributed by atoms with Crippen molar-refractivity contribution in [1.29, 1.82) is 0 Å². The molecule has 3 rings (SSSR count). The molecular weight excluding hydrogens is 331 g/mol. The summed E-state index contributed by atoms with van der Waals surface area (Å²) < 4.78 is 0. The van der Waals surface area contributed by atoms with Gasteiger partial charge in [-0.25, -0.2) is 0 Å². The highest BCUT2D eigenvalue weighted by Crippen LogP contribution is 2.36. The van der Waals surface area contributed by atoms with Gasteiger partial charge in [0, 0.05) is 35.9 Å². The second-order valence-electron chi connectivity index (χ2n) is 4.67. The molecular formula is C14H20Cl2N2S2. The van der Waals surface area contributed by atoms with Crippen molar-refractivity contribution >= 4 is 47.5 Å². The predicted octanol–water partition coefficient (Wildman–Crippen LogP) is 3.96. The molecule has 0 aromatic carbocycles. The van der Waals surface area contributed by atoms with Gasteiger partial charge in [-0.3, -0.25) is 4.90 Å². The molecule has 1 aliphatic heterocycles. The van der Waals surface area contributed by atoms with E-state index in [2.05, 4.69) is 46.1 Å². The van der Waals surface area contributed by atoms with E-state index in [1.54, 1.807) is 0 Å². The van der Waals surface area contributed by atoms with Crippen molar-refractivity contribution in [2.75, 3.05) is 26.2 Å². The van der Waals surface area contributed by atoms with Crippen LogP contribution in [0.25, 0.3) is 0 Å². The minimum atomic E-state index is 0. The summed E-state index contributed by atoms with van der Waals surface area (Å²) in [6.45, 7) is 6.72. The molecule has 1 saturated heterocycles. The molecule has 2 aromatic heterocycles. The minimum absolute atomic E-state index is 0. The third kappa shape index (κ3) is 3.75. The number of rotatable bonds is 3. The fraction of sp³-hybridized carbons (Fsp3) is 0.429. The fourth-order valence-electron chi connectivity index (χ4n) is 2.53. The van der Waals surface area contributed by atoms with E-state index in [0.717, 1.165) is 26.2 Å². The largest absolute Gasteiger partial charge is 0.314 e. The van der Waals surface area contributed by atoms with E-state index in [1.807, 2.05) is 22.7 Å². The molecule has 0 unspecified atom stereocenters. The van der Waals surface area contributed by atoms with Gasteiger partial charge in [-0.05, 0) is 35.4 Å². The first kappa shape index (κ1) is 18.0. The zero-order valence-corrected chi connectivity index (χ0v) is 14.6. The van der Waals surface area contributed by atoms with Gasteiger partial charge in [0.05, 0.1) is 6.04 Å². The molecule has 112 valence electrons. The Morgan fingerprint density at radius 3 is 2.40 bits per heavy atom. The van der Waals surface area contributed by atoms with Gasteiger partial charge < -0.3 is 5.32 Å². The zero-order chi connectivity index (χ0) is 12.4. The first-order valence-corrected chi connectivity index (χ1v) is 8.14. The Bertz CT molecular complexity index is 493. The van der Waals surface area contributed by atoms with Crippen molar-refractivity contribution in [2.24, 2.45) is 0 Å². The number of thiophene rings is 2. The Morgan fingerprint density at radius 2 is 1.85 bits per heavy atom. The van der Waals surface area contributed by atoms with E-state index in [4.69, 9.17) is 0 Å². The van der Waals surface area contributed by atoms with E-state index in [0.29, 0.717) is 6.04 Å². The maximum Gasteiger partial charge on any atom is 0.0793 e. The lowest BCUT2D eigenvalue weighted by molar-refractivity contribution is 0.202. The molecule has 2 nitrogen and oxygen atoms in total. The topological polar surface area (TPSA) is 15.3 Å². The third-order valence-corrected chi connectivity index (χ3v) is 5.48. The van der Waals surface area contributed by atoms with Crippen LogP contribution in [0.2, 0.25) is 0 Å². The summed E-state index contributed by atoms with van der Waals surface area (Å²) in [6.07, 6.45) is 0. The van der Waals surface area contributed by atoms with Crippen LogP contribution in [0, 0.1) is 6.92 Å². The molecule has 0 amide bonds. The van der Waals surface area contributed by atoms with Gasteiger partial charge in [-0.1, -0.05) is 6.07 Å². The second-order valence-corrected chi connectivity index (χ2v) is 6.60. The molecule has 1 atom stereocenters. The first-order valence-electron chi connectivity index (χ1n) is 6.38. The Labute approximate surface area is 141 Å². The first-order chi connectivity index (χ1) is 8.86. The molecule has 0 spiro atoms. The van der Waals surface area contributed by atoms with E-state index < -0.39 is 0 Å². The smallest absolute Gasteiger partial charge is 0.0793 e. The molecule has 20 heavy (non-hydrogen) atoms. The van der Waals surface area contributed by atoms with Gasteiger partial charge in [-0.15, -0.1) is 47.5 Å². The van der Waals surface area contributed by atoms with Crippen LogP contribution in [0.5, 0.6) is 0 Å². The number of aryl methyl sites for hydroxylation is 1. The summed E-state index contributed by atoms with van der Waals surface area (Å²) >= 11 is 3.77. The Hall–Kier alpha value is -0.100. The number of piperazine rings is 1. The lowest BCUT2D eigenvalue weighted by Gasteiger charge is -2.34. The highest BCUT2D eigenvalue weighted by Gasteiger charge is 2.26. The zero-order valence-electron chi connectivity index (χ0n) is 11.4. The van der Waals surface area contributed by atoms with Crippen molar-refractivity contribution < 1.29 is 0 Å². The summed E-state index contributed by atoms with van der Waals surface area (Å²) in [5.74, 6) is 0. The maximum absolute atomic E-state index is 3.44. The molecule has 2 aromatic rings. The summed E-state index contributed by atoms with van der Waals surface area (Å²) in [4.78, 5) is 5.60. The fourth-order valence-corrected chi connectivity index (χ4v) is 4.55. The van der Waals surface area contributed by atoms with Gasteiger partial charge in [0.1, 0.15) is 0 Å². The summed E-state index contributed by atoms with van der Waals surface area (Å²) in [5.41, 5.74) is 1.43. The third-order valence-electron chi connectivity index (χ3n) is 3.48. The minimum Gasteiger partial charge on any atom is -0.314 e. The lowest BCUT2D eigenvalue weighted by atomic mass is 10.1. The normalized spacial score (nSPS) is 17.1. The molecule has 0 bridgehead atoms. The van der Waals surface area contributed by atoms with Crippen LogP contribution in [-0.4, -0.2) is 31.1 Å². The van der Waals surface area contributed by atoms with E-state index in [9.17, 15) is 0 Å². The number of hydrogen-bond acceptors (Lipinski definition) is 4. The number of hydrogen-bond donors (Lipinski definition) is 1. The SMILES string of the molecule is Cc1ccsc1[C@@H](c1cccs1)N1CCNCC1.Cl.Cl. The van der Waals surface area contributed by atoms with Gasteiger partial charge in [0.15, 0.2) is 0 Å². The predicted molar refractivity (Wildman–Crippen MR) is 94.2 cm³/mol. The van der Waals surface area contributed by atoms with E-state index >= 15 is 0 Å². The van der Waals surface area contributed by atoms with Crippen LogP contribution < -0.4 is 5.32 Å². The number of halogens is 2. The van der Waals surface area contributed by atoms with Crippen LogP contribution in [0.4, 0.5) is 0 Å². The quantitative estimate of drug-likeness (QED) is 0.901. The van der Waals surface area contributed by atoms with Crippen LogP contribution in [0.1, 0.15) is 21.4 Å². The van der Waals surface area contributed by atoms with Crippen molar-refractivity contribution in [1.82, 2.24) is 10.2 Å².